The van der Waals surface area contributed by atoms with Gasteiger partial charge in [-0.3, -0.25) is 4.79 Å². The fourth-order valence-corrected chi connectivity index (χ4v) is 3.67. The van der Waals surface area contributed by atoms with Gasteiger partial charge in [-0.1, -0.05) is 19.3 Å². The standard InChI is InChI=1S/C16H25N5O2S/c22-14(13-10-17-16(24)20-13)21-8-6-12(7-9-21)19-15(23)18-11-4-2-1-3-5-11/h10-12H,1-9H2,(H2,17,20,24)(H2,18,19,23). The van der Waals surface area contributed by atoms with Crippen LogP contribution in [0.25, 0.3) is 0 Å². The van der Waals surface area contributed by atoms with Crippen molar-refractivity contribution in [2.45, 2.75) is 57.0 Å². The van der Waals surface area contributed by atoms with E-state index >= 15 is 0 Å². The first-order valence-electron chi connectivity index (χ1n) is 8.76. The summed E-state index contributed by atoms with van der Waals surface area (Å²) in [7, 11) is 0. The molecule has 7 nitrogen and oxygen atoms in total. The Hall–Kier alpha value is -1.83. The minimum Gasteiger partial charge on any atom is -0.337 e. The molecule has 0 spiro atoms. The Kier molecular flexibility index (Phi) is 5.55. The van der Waals surface area contributed by atoms with E-state index in [4.69, 9.17) is 12.2 Å². The number of rotatable bonds is 3. The minimum absolute atomic E-state index is 0.0487. The van der Waals surface area contributed by atoms with Crippen LogP contribution in [0.3, 0.4) is 0 Å². The lowest BCUT2D eigenvalue weighted by atomic mass is 9.96. The minimum atomic E-state index is -0.0682. The third kappa shape index (κ3) is 4.37. The highest BCUT2D eigenvalue weighted by molar-refractivity contribution is 7.71. The van der Waals surface area contributed by atoms with Gasteiger partial charge >= 0.3 is 6.03 Å². The summed E-state index contributed by atoms with van der Waals surface area (Å²) in [5.74, 6) is -0.0487. The molecule has 1 saturated heterocycles. The Labute approximate surface area is 146 Å². The number of H-pyrrole nitrogens is 2. The third-order valence-electron chi connectivity index (χ3n) is 4.88. The SMILES string of the molecule is O=C(NC1CCCCC1)NC1CCN(C(=O)c2c[nH]c(=S)[nH]2)CC1. The summed E-state index contributed by atoms with van der Waals surface area (Å²) in [6, 6.07) is 0.376. The fraction of sp³-hybridized carbons (Fsp3) is 0.688. The predicted octanol–water partition coefficient (Wildman–Crippen LogP) is 2.31. The fourth-order valence-electron chi connectivity index (χ4n) is 3.50. The van der Waals surface area contributed by atoms with Gasteiger partial charge in [-0.2, -0.15) is 0 Å². The van der Waals surface area contributed by atoms with Crippen LogP contribution in [-0.2, 0) is 0 Å². The van der Waals surface area contributed by atoms with Crippen molar-refractivity contribution in [3.63, 3.8) is 0 Å². The highest BCUT2D eigenvalue weighted by Gasteiger charge is 2.26. The number of nitrogens with zero attached hydrogens (tertiary/aromatic N) is 1. The molecule has 24 heavy (non-hydrogen) atoms. The van der Waals surface area contributed by atoms with Gasteiger partial charge in [0.15, 0.2) is 4.77 Å². The van der Waals surface area contributed by atoms with Gasteiger partial charge in [0.2, 0.25) is 0 Å². The summed E-state index contributed by atoms with van der Waals surface area (Å²) >= 11 is 4.95. The lowest BCUT2D eigenvalue weighted by Gasteiger charge is -2.32. The van der Waals surface area contributed by atoms with E-state index in [0.29, 0.717) is 29.6 Å². The third-order valence-corrected chi connectivity index (χ3v) is 5.10. The zero-order valence-electron chi connectivity index (χ0n) is 13.8. The van der Waals surface area contributed by atoms with Gasteiger partial charge < -0.3 is 25.5 Å². The van der Waals surface area contributed by atoms with Gasteiger partial charge in [0.1, 0.15) is 5.69 Å². The number of carbonyl (C=O) groups is 2. The van der Waals surface area contributed by atoms with Gasteiger partial charge in [0.25, 0.3) is 5.91 Å². The Morgan fingerprint density at radius 2 is 1.67 bits per heavy atom. The number of aromatic nitrogens is 2. The summed E-state index contributed by atoms with van der Waals surface area (Å²) in [6.07, 6.45) is 8.99. The van der Waals surface area contributed by atoms with E-state index in [1.165, 1.54) is 19.3 Å². The molecule has 0 aromatic carbocycles. The Morgan fingerprint density at radius 1 is 1.04 bits per heavy atom. The molecule has 2 aliphatic rings. The van der Waals surface area contributed by atoms with Crippen molar-refractivity contribution in [1.82, 2.24) is 25.5 Å². The van der Waals surface area contributed by atoms with E-state index in [0.717, 1.165) is 25.7 Å². The molecule has 0 unspecified atom stereocenters. The van der Waals surface area contributed by atoms with E-state index in [9.17, 15) is 9.59 Å². The molecular formula is C16H25N5O2S. The number of carbonyl (C=O) groups excluding carboxylic acids is 2. The summed E-state index contributed by atoms with van der Waals surface area (Å²) in [5.41, 5.74) is 0.487. The van der Waals surface area contributed by atoms with E-state index in [1.807, 2.05) is 0 Å². The Bertz CT molecular complexity index is 626. The average Bonchev–Trinajstić information content (AvgIpc) is 3.02. The van der Waals surface area contributed by atoms with E-state index in [-0.39, 0.29) is 18.0 Å². The molecule has 0 bridgehead atoms. The van der Waals surface area contributed by atoms with E-state index < -0.39 is 0 Å². The monoisotopic (exact) mass is 351 g/mol. The molecule has 8 heteroatoms. The number of aromatic amines is 2. The molecule has 1 saturated carbocycles. The van der Waals surface area contributed by atoms with Crippen LogP contribution >= 0.6 is 12.2 Å². The number of hydrogen-bond donors (Lipinski definition) is 4. The number of imidazole rings is 1. The summed E-state index contributed by atoms with van der Waals surface area (Å²) in [5, 5.41) is 6.13. The lowest BCUT2D eigenvalue weighted by molar-refractivity contribution is 0.0702. The molecule has 0 atom stereocenters. The van der Waals surface area contributed by atoms with Gasteiger partial charge in [0.05, 0.1) is 0 Å². The number of nitrogens with one attached hydrogen (secondary N) is 4. The second-order valence-electron chi connectivity index (χ2n) is 6.68. The largest absolute Gasteiger partial charge is 0.337 e. The molecule has 3 amide bonds. The zero-order chi connectivity index (χ0) is 16.9. The molecule has 1 aromatic heterocycles. The Morgan fingerprint density at radius 3 is 2.25 bits per heavy atom. The molecule has 3 rings (SSSR count). The number of amides is 3. The van der Waals surface area contributed by atoms with Gasteiger partial charge in [-0.05, 0) is 37.9 Å². The highest BCUT2D eigenvalue weighted by Crippen LogP contribution is 2.17. The van der Waals surface area contributed by atoms with Crippen LogP contribution in [0.4, 0.5) is 4.79 Å². The smallest absolute Gasteiger partial charge is 0.315 e. The van der Waals surface area contributed by atoms with Crippen molar-refractivity contribution in [3.8, 4) is 0 Å². The van der Waals surface area contributed by atoms with Crippen molar-refractivity contribution in [3.05, 3.63) is 16.7 Å². The van der Waals surface area contributed by atoms with Crippen LogP contribution < -0.4 is 10.6 Å². The number of likely N-dealkylation sites (tertiary alicyclic amines) is 1. The summed E-state index contributed by atoms with van der Waals surface area (Å²) in [6.45, 7) is 1.28. The molecule has 4 N–H and O–H groups in total. The van der Waals surface area contributed by atoms with Crippen LogP contribution in [0, 0.1) is 4.77 Å². The normalized spacial score (nSPS) is 19.9. The second-order valence-corrected chi connectivity index (χ2v) is 7.08. The lowest BCUT2D eigenvalue weighted by Crippen LogP contribution is -2.51. The van der Waals surface area contributed by atoms with Gasteiger partial charge in [0, 0.05) is 31.4 Å². The number of hydrogen-bond acceptors (Lipinski definition) is 3. The topological polar surface area (TPSA) is 93.0 Å². The molecule has 1 aliphatic heterocycles. The number of urea groups is 1. The summed E-state index contributed by atoms with van der Waals surface area (Å²) < 4.78 is 0.453. The van der Waals surface area contributed by atoms with Gasteiger partial charge in [-0.15, -0.1) is 0 Å². The first kappa shape index (κ1) is 17.0. The molecule has 2 heterocycles. The average molecular weight is 351 g/mol. The van der Waals surface area contributed by atoms with Crippen molar-refractivity contribution in [1.29, 1.82) is 0 Å². The molecule has 0 radical (unpaired) electrons. The van der Waals surface area contributed by atoms with Crippen molar-refractivity contribution < 1.29 is 9.59 Å². The molecule has 1 aromatic rings. The maximum Gasteiger partial charge on any atom is 0.315 e. The van der Waals surface area contributed by atoms with E-state index in [1.54, 1.807) is 11.1 Å². The first-order valence-corrected chi connectivity index (χ1v) is 9.16. The first-order chi connectivity index (χ1) is 11.6. The summed E-state index contributed by atoms with van der Waals surface area (Å²) in [4.78, 5) is 31.9. The van der Waals surface area contributed by atoms with Crippen LogP contribution in [0.1, 0.15) is 55.4 Å². The quantitative estimate of drug-likeness (QED) is 0.630. The predicted molar refractivity (Wildman–Crippen MR) is 93.4 cm³/mol. The maximum absolute atomic E-state index is 12.3. The maximum atomic E-state index is 12.3. The van der Waals surface area contributed by atoms with Crippen molar-refractivity contribution in [2.75, 3.05) is 13.1 Å². The highest BCUT2D eigenvalue weighted by atomic mass is 32.1. The van der Waals surface area contributed by atoms with Crippen LogP contribution in [0.15, 0.2) is 6.20 Å². The van der Waals surface area contributed by atoms with Gasteiger partial charge in [-0.25, -0.2) is 4.79 Å². The zero-order valence-corrected chi connectivity index (χ0v) is 14.6. The molecule has 1 aliphatic carbocycles. The molecule has 2 fully saturated rings. The van der Waals surface area contributed by atoms with Crippen LogP contribution in [-0.4, -0.2) is 52.0 Å². The molecular weight excluding hydrogens is 326 g/mol. The van der Waals surface area contributed by atoms with Crippen molar-refractivity contribution >= 4 is 24.2 Å². The second kappa shape index (κ2) is 7.83. The van der Waals surface area contributed by atoms with Crippen LogP contribution in [0.2, 0.25) is 0 Å². The Balaban J connectivity index is 1.42. The number of piperidine rings is 1. The van der Waals surface area contributed by atoms with Crippen molar-refractivity contribution in [2.24, 2.45) is 0 Å². The molecule has 132 valence electrons. The van der Waals surface area contributed by atoms with Crippen LogP contribution in [0.5, 0.6) is 0 Å². The van der Waals surface area contributed by atoms with E-state index in [2.05, 4.69) is 20.6 Å².